The highest BCUT2D eigenvalue weighted by molar-refractivity contribution is 8.01. The van der Waals surface area contributed by atoms with Gasteiger partial charge in [-0.15, -0.1) is 11.8 Å². The van der Waals surface area contributed by atoms with Gasteiger partial charge in [0.15, 0.2) is 0 Å². The van der Waals surface area contributed by atoms with E-state index in [9.17, 15) is 4.79 Å². The number of halogens is 1. The zero-order valence-corrected chi connectivity index (χ0v) is 9.41. The summed E-state index contributed by atoms with van der Waals surface area (Å²) in [4.78, 5) is 12.4. The van der Waals surface area contributed by atoms with Crippen LogP contribution in [0.4, 0.5) is 0 Å². The second kappa shape index (κ2) is 3.17. The van der Waals surface area contributed by atoms with Gasteiger partial charge in [0.05, 0.1) is 4.90 Å². The molecule has 0 aliphatic carbocycles. The third-order valence-corrected chi connectivity index (χ3v) is 3.42. The molecule has 1 aliphatic rings. The Morgan fingerprint density at radius 2 is 2.14 bits per heavy atom. The molecular formula is C10H9ClO2S. The Morgan fingerprint density at radius 1 is 1.43 bits per heavy atom. The van der Waals surface area contributed by atoms with Crippen LogP contribution in [0.5, 0.6) is 5.75 Å². The summed E-state index contributed by atoms with van der Waals surface area (Å²) in [7, 11) is 0. The van der Waals surface area contributed by atoms with E-state index in [1.54, 1.807) is 12.1 Å². The molecule has 0 spiro atoms. The van der Waals surface area contributed by atoms with Crippen LogP contribution in [0.25, 0.3) is 0 Å². The van der Waals surface area contributed by atoms with Crippen molar-refractivity contribution < 1.29 is 9.53 Å². The summed E-state index contributed by atoms with van der Waals surface area (Å²) in [5.74, 6) is 0.390. The summed E-state index contributed by atoms with van der Waals surface area (Å²) in [6.45, 7) is 3.67. The third-order valence-electron chi connectivity index (χ3n) is 1.97. The van der Waals surface area contributed by atoms with Crippen LogP contribution in [0.2, 0.25) is 5.02 Å². The summed E-state index contributed by atoms with van der Waals surface area (Å²) in [6.07, 6.45) is 0. The topological polar surface area (TPSA) is 26.3 Å². The van der Waals surface area contributed by atoms with Crippen molar-refractivity contribution >= 4 is 29.3 Å². The predicted molar refractivity (Wildman–Crippen MR) is 57.0 cm³/mol. The van der Waals surface area contributed by atoms with E-state index in [1.165, 1.54) is 11.8 Å². The third kappa shape index (κ3) is 1.62. The van der Waals surface area contributed by atoms with Gasteiger partial charge in [-0.3, -0.25) is 4.79 Å². The van der Waals surface area contributed by atoms with Crippen molar-refractivity contribution in [2.75, 3.05) is 0 Å². The second-order valence-corrected chi connectivity index (χ2v) is 5.69. The number of ether oxygens (including phenoxy) is 1. The largest absolute Gasteiger partial charge is 0.424 e. The molecule has 14 heavy (non-hydrogen) atoms. The minimum absolute atomic E-state index is 0.211. The van der Waals surface area contributed by atoms with Crippen LogP contribution in [-0.2, 0) is 4.79 Å². The van der Waals surface area contributed by atoms with E-state index in [0.29, 0.717) is 10.8 Å². The molecular weight excluding hydrogens is 220 g/mol. The van der Waals surface area contributed by atoms with Gasteiger partial charge in [0.25, 0.3) is 0 Å². The molecule has 1 aromatic rings. The lowest BCUT2D eigenvalue weighted by Gasteiger charge is -2.28. The number of rotatable bonds is 0. The number of hydrogen-bond acceptors (Lipinski definition) is 3. The molecule has 0 saturated heterocycles. The van der Waals surface area contributed by atoms with Crippen molar-refractivity contribution in [3.8, 4) is 5.75 Å². The van der Waals surface area contributed by atoms with Crippen molar-refractivity contribution in [2.45, 2.75) is 23.5 Å². The first-order valence-electron chi connectivity index (χ1n) is 4.20. The van der Waals surface area contributed by atoms with Gasteiger partial charge >= 0.3 is 5.97 Å². The molecule has 0 radical (unpaired) electrons. The molecule has 0 unspecified atom stereocenters. The predicted octanol–water partition coefficient (Wildman–Crippen LogP) is 3.13. The molecule has 4 heteroatoms. The first-order chi connectivity index (χ1) is 6.49. The van der Waals surface area contributed by atoms with E-state index in [4.69, 9.17) is 16.3 Å². The zero-order chi connectivity index (χ0) is 10.3. The van der Waals surface area contributed by atoms with Gasteiger partial charge in [-0.05, 0) is 32.0 Å². The normalized spacial score (nSPS) is 18.6. The molecule has 2 rings (SSSR count). The van der Waals surface area contributed by atoms with Crippen LogP contribution in [0, 0.1) is 0 Å². The molecule has 1 heterocycles. The van der Waals surface area contributed by atoms with Crippen LogP contribution in [0.1, 0.15) is 13.8 Å². The Hall–Kier alpha value is -0.670. The molecule has 0 atom stereocenters. The maximum absolute atomic E-state index is 11.5. The van der Waals surface area contributed by atoms with Crippen LogP contribution in [0.15, 0.2) is 23.1 Å². The van der Waals surface area contributed by atoms with Crippen LogP contribution >= 0.6 is 23.4 Å². The quantitative estimate of drug-likeness (QED) is 0.504. The number of hydrogen-bond donors (Lipinski definition) is 0. The lowest BCUT2D eigenvalue weighted by molar-refractivity contribution is -0.136. The molecule has 1 aliphatic heterocycles. The second-order valence-electron chi connectivity index (χ2n) is 3.59. The lowest BCUT2D eigenvalue weighted by Crippen LogP contribution is -2.35. The van der Waals surface area contributed by atoms with Gasteiger partial charge in [-0.25, -0.2) is 0 Å². The van der Waals surface area contributed by atoms with Gasteiger partial charge in [0, 0.05) is 5.02 Å². The molecule has 0 N–H and O–H groups in total. The summed E-state index contributed by atoms with van der Waals surface area (Å²) in [6, 6.07) is 5.25. The SMILES string of the molecule is CC1(C)Sc2cc(Cl)ccc2OC1=O. The fourth-order valence-electron chi connectivity index (χ4n) is 1.19. The van der Waals surface area contributed by atoms with Crippen molar-refractivity contribution in [1.29, 1.82) is 0 Å². The Bertz CT molecular complexity index is 401. The van der Waals surface area contributed by atoms with Crippen LogP contribution in [-0.4, -0.2) is 10.7 Å². The van der Waals surface area contributed by atoms with Gasteiger partial charge in [-0.1, -0.05) is 11.6 Å². The van der Waals surface area contributed by atoms with Gasteiger partial charge < -0.3 is 4.74 Å². The highest BCUT2D eigenvalue weighted by atomic mass is 35.5. The molecule has 0 saturated carbocycles. The Kier molecular flexibility index (Phi) is 2.24. The first kappa shape index (κ1) is 9.87. The first-order valence-corrected chi connectivity index (χ1v) is 5.39. The Balaban J connectivity index is 2.46. The molecule has 1 aromatic carbocycles. The maximum atomic E-state index is 11.5. The smallest absolute Gasteiger partial charge is 0.327 e. The monoisotopic (exact) mass is 228 g/mol. The standard InChI is InChI=1S/C10H9ClO2S/c1-10(2)9(12)13-7-4-3-6(11)5-8(7)14-10/h3-5H,1-2H3. The number of thioether (sulfide) groups is 1. The molecule has 2 nitrogen and oxygen atoms in total. The molecule has 0 bridgehead atoms. The number of carbonyl (C=O) groups is 1. The van der Waals surface area contributed by atoms with Gasteiger partial charge in [0.2, 0.25) is 0 Å². The summed E-state index contributed by atoms with van der Waals surface area (Å²) >= 11 is 7.33. The average Bonchev–Trinajstić information content (AvgIpc) is 2.07. The number of esters is 1. The van der Waals surface area contributed by atoms with Crippen LogP contribution in [0.3, 0.4) is 0 Å². The van der Waals surface area contributed by atoms with E-state index in [0.717, 1.165) is 4.90 Å². The average molecular weight is 229 g/mol. The summed E-state index contributed by atoms with van der Waals surface area (Å²) < 4.78 is 4.65. The van der Waals surface area contributed by atoms with Gasteiger partial charge in [-0.2, -0.15) is 0 Å². The molecule has 0 amide bonds. The van der Waals surface area contributed by atoms with Crippen molar-refractivity contribution in [3.63, 3.8) is 0 Å². The van der Waals surface area contributed by atoms with E-state index < -0.39 is 4.75 Å². The van der Waals surface area contributed by atoms with E-state index in [1.807, 2.05) is 19.9 Å². The zero-order valence-electron chi connectivity index (χ0n) is 7.83. The Morgan fingerprint density at radius 3 is 2.86 bits per heavy atom. The number of benzene rings is 1. The summed E-state index contributed by atoms with van der Waals surface area (Å²) in [5.41, 5.74) is 0. The maximum Gasteiger partial charge on any atom is 0.327 e. The van der Waals surface area contributed by atoms with E-state index >= 15 is 0 Å². The highest BCUT2D eigenvalue weighted by Gasteiger charge is 2.36. The van der Waals surface area contributed by atoms with Crippen molar-refractivity contribution in [2.24, 2.45) is 0 Å². The Labute approximate surface area is 91.6 Å². The number of carbonyl (C=O) groups excluding carboxylic acids is 1. The van der Waals surface area contributed by atoms with Gasteiger partial charge in [0.1, 0.15) is 10.5 Å². The fraction of sp³-hybridized carbons (Fsp3) is 0.300. The molecule has 74 valence electrons. The van der Waals surface area contributed by atoms with E-state index in [-0.39, 0.29) is 5.97 Å². The number of fused-ring (bicyclic) bond motifs is 1. The van der Waals surface area contributed by atoms with Crippen LogP contribution < -0.4 is 4.74 Å². The summed E-state index contributed by atoms with van der Waals surface area (Å²) in [5, 5.41) is 0.657. The minimum Gasteiger partial charge on any atom is -0.424 e. The fourth-order valence-corrected chi connectivity index (χ4v) is 2.49. The minimum atomic E-state index is -0.530. The lowest BCUT2D eigenvalue weighted by atomic mass is 10.2. The highest BCUT2D eigenvalue weighted by Crippen LogP contribution is 2.44. The molecule has 0 fully saturated rings. The molecule has 0 aromatic heterocycles. The van der Waals surface area contributed by atoms with Crippen molar-refractivity contribution in [3.05, 3.63) is 23.2 Å². The van der Waals surface area contributed by atoms with Crippen molar-refractivity contribution in [1.82, 2.24) is 0 Å². The van der Waals surface area contributed by atoms with E-state index in [2.05, 4.69) is 0 Å².